The van der Waals surface area contributed by atoms with E-state index in [2.05, 4.69) is 27.2 Å². The number of furan rings is 1. The molecule has 6 nitrogen and oxygen atoms in total. The van der Waals surface area contributed by atoms with Gasteiger partial charge in [-0.25, -0.2) is 0 Å². The fourth-order valence-corrected chi connectivity index (χ4v) is 2.20. The molecule has 0 bridgehead atoms. The Hall–Kier alpha value is -1.63. The summed E-state index contributed by atoms with van der Waals surface area (Å²) in [6.45, 7) is 5.74. The van der Waals surface area contributed by atoms with Crippen molar-refractivity contribution in [3.05, 3.63) is 24.2 Å². The molecule has 0 aromatic carbocycles. The third kappa shape index (κ3) is 7.45. The van der Waals surface area contributed by atoms with Crippen LogP contribution in [0.25, 0.3) is 0 Å². The Morgan fingerprint density at radius 2 is 2.09 bits per heavy atom. The summed E-state index contributed by atoms with van der Waals surface area (Å²) in [5.74, 6) is 2.65. The van der Waals surface area contributed by atoms with Gasteiger partial charge in [-0.3, -0.25) is 9.79 Å². The van der Waals surface area contributed by atoms with Gasteiger partial charge in [0, 0.05) is 32.3 Å². The second kappa shape index (κ2) is 10.2. The summed E-state index contributed by atoms with van der Waals surface area (Å²) in [5, 5.41) is 9.25. The van der Waals surface area contributed by atoms with Crippen molar-refractivity contribution in [2.75, 3.05) is 38.7 Å². The molecule has 7 heteroatoms. The number of carbonyl (C=O) groups excluding carboxylic acids is 1. The zero-order valence-corrected chi connectivity index (χ0v) is 15.3. The first-order valence-electron chi connectivity index (χ1n) is 7.75. The molecule has 0 radical (unpaired) electrons. The van der Waals surface area contributed by atoms with Crippen molar-refractivity contribution < 1.29 is 9.21 Å². The monoisotopic (exact) mass is 340 g/mol. The van der Waals surface area contributed by atoms with E-state index in [-0.39, 0.29) is 5.91 Å². The minimum Gasteiger partial charge on any atom is -0.469 e. The average molecular weight is 340 g/mol. The molecule has 0 saturated heterocycles. The van der Waals surface area contributed by atoms with Gasteiger partial charge in [0.15, 0.2) is 5.96 Å². The number of thioether (sulfide) groups is 1. The van der Waals surface area contributed by atoms with Gasteiger partial charge in [0.2, 0.25) is 5.91 Å². The Kier molecular flexibility index (Phi) is 8.61. The van der Waals surface area contributed by atoms with Crippen LogP contribution in [0.4, 0.5) is 0 Å². The third-order valence-electron chi connectivity index (χ3n) is 3.32. The molecule has 1 aromatic heterocycles. The van der Waals surface area contributed by atoms with E-state index in [9.17, 15) is 4.79 Å². The van der Waals surface area contributed by atoms with Crippen LogP contribution >= 0.6 is 11.8 Å². The molecule has 0 atom stereocenters. The zero-order chi connectivity index (χ0) is 17.1. The highest BCUT2D eigenvalue weighted by atomic mass is 32.2. The fraction of sp³-hybridized carbons (Fsp3) is 0.625. The van der Waals surface area contributed by atoms with E-state index >= 15 is 0 Å². The van der Waals surface area contributed by atoms with E-state index < -0.39 is 5.41 Å². The Labute approximate surface area is 142 Å². The fourth-order valence-electron chi connectivity index (χ4n) is 1.89. The van der Waals surface area contributed by atoms with E-state index in [1.165, 1.54) is 0 Å². The topological polar surface area (TPSA) is 78.7 Å². The quantitative estimate of drug-likeness (QED) is 0.361. The molecule has 0 aliphatic rings. The van der Waals surface area contributed by atoms with Gasteiger partial charge in [-0.2, -0.15) is 11.8 Å². The molecular formula is C16H28N4O2S. The molecule has 0 saturated carbocycles. The normalized spacial score (nSPS) is 12.1. The summed E-state index contributed by atoms with van der Waals surface area (Å²) < 4.78 is 5.32. The highest BCUT2D eigenvalue weighted by Gasteiger charge is 2.26. The second-order valence-electron chi connectivity index (χ2n) is 5.80. The molecule has 1 amide bonds. The smallest absolute Gasteiger partial charge is 0.227 e. The number of carbonyl (C=O) groups is 1. The van der Waals surface area contributed by atoms with Crippen LogP contribution in [0.3, 0.4) is 0 Å². The van der Waals surface area contributed by atoms with Gasteiger partial charge >= 0.3 is 0 Å². The number of nitrogens with one attached hydrogen (secondary N) is 3. The van der Waals surface area contributed by atoms with Gasteiger partial charge in [-0.15, -0.1) is 0 Å². The van der Waals surface area contributed by atoms with E-state index in [1.807, 2.05) is 26.0 Å². The van der Waals surface area contributed by atoms with Crippen LogP contribution in [-0.4, -0.2) is 50.6 Å². The number of amides is 1. The predicted octanol–water partition coefficient (Wildman–Crippen LogP) is 1.49. The molecule has 0 spiro atoms. The lowest BCUT2D eigenvalue weighted by Crippen LogP contribution is -2.42. The van der Waals surface area contributed by atoms with Gasteiger partial charge < -0.3 is 20.4 Å². The lowest BCUT2D eigenvalue weighted by atomic mass is 9.93. The molecule has 0 aliphatic heterocycles. The largest absolute Gasteiger partial charge is 0.469 e. The Bertz CT molecular complexity index is 486. The van der Waals surface area contributed by atoms with Crippen molar-refractivity contribution in [1.82, 2.24) is 16.0 Å². The zero-order valence-electron chi connectivity index (χ0n) is 14.4. The molecule has 0 unspecified atom stereocenters. The van der Waals surface area contributed by atoms with Gasteiger partial charge in [0.05, 0.1) is 18.2 Å². The van der Waals surface area contributed by atoms with E-state index in [4.69, 9.17) is 4.42 Å². The van der Waals surface area contributed by atoms with Crippen LogP contribution in [0.1, 0.15) is 19.6 Å². The summed E-state index contributed by atoms with van der Waals surface area (Å²) >= 11 is 1.77. The van der Waals surface area contributed by atoms with Crippen LogP contribution in [0.2, 0.25) is 0 Å². The van der Waals surface area contributed by atoms with Crippen molar-refractivity contribution >= 4 is 23.6 Å². The standard InChI is InChI=1S/C16H28N4O2S/c1-16(2,14(21)17-3)12-20-15(19-9-11-23-4)18-8-7-13-6-5-10-22-13/h5-6,10H,7-9,11-12H2,1-4H3,(H,17,21)(H2,18,19,20). The Balaban J connectivity index is 2.55. The number of rotatable bonds is 9. The lowest BCUT2D eigenvalue weighted by molar-refractivity contribution is -0.128. The first-order valence-corrected chi connectivity index (χ1v) is 9.14. The van der Waals surface area contributed by atoms with Crippen molar-refractivity contribution in [2.24, 2.45) is 10.4 Å². The third-order valence-corrected chi connectivity index (χ3v) is 3.93. The highest BCUT2D eigenvalue weighted by molar-refractivity contribution is 7.98. The summed E-state index contributed by atoms with van der Waals surface area (Å²) in [6, 6.07) is 3.83. The number of hydrogen-bond donors (Lipinski definition) is 3. The Morgan fingerprint density at radius 1 is 1.35 bits per heavy atom. The number of hydrogen-bond acceptors (Lipinski definition) is 4. The first kappa shape index (κ1) is 19.4. The number of aliphatic imine (C=N–C) groups is 1. The van der Waals surface area contributed by atoms with Gasteiger partial charge in [0.25, 0.3) is 0 Å². The average Bonchev–Trinajstić information content (AvgIpc) is 3.04. The van der Waals surface area contributed by atoms with Crippen molar-refractivity contribution in [3.8, 4) is 0 Å². The number of nitrogens with zero attached hydrogens (tertiary/aromatic N) is 1. The van der Waals surface area contributed by atoms with Crippen LogP contribution in [-0.2, 0) is 11.2 Å². The SMILES string of the molecule is CNC(=O)C(C)(C)CN=C(NCCSC)NCCc1ccco1. The molecule has 1 heterocycles. The molecule has 23 heavy (non-hydrogen) atoms. The summed E-state index contributed by atoms with van der Waals surface area (Å²) in [4.78, 5) is 16.4. The van der Waals surface area contributed by atoms with E-state index in [1.54, 1.807) is 25.1 Å². The maximum absolute atomic E-state index is 11.8. The molecule has 0 aliphatic carbocycles. The molecule has 3 N–H and O–H groups in total. The second-order valence-corrected chi connectivity index (χ2v) is 6.79. The predicted molar refractivity (Wildman–Crippen MR) is 96.9 cm³/mol. The summed E-state index contributed by atoms with van der Waals surface area (Å²) in [7, 11) is 1.65. The van der Waals surface area contributed by atoms with Crippen molar-refractivity contribution in [1.29, 1.82) is 0 Å². The van der Waals surface area contributed by atoms with Gasteiger partial charge in [-0.05, 0) is 32.2 Å². The first-order chi connectivity index (χ1) is 11.0. The molecule has 1 rings (SSSR count). The van der Waals surface area contributed by atoms with Gasteiger partial charge in [0.1, 0.15) is 5.76 Å². The molecular weight excluding hydrogens is 312 g/mol. The molecule has 1 aromatic rings. The minimum absolute atomic E-state index is 0.0136. The lowest BCUT2D eigenvalue weighted by Gasteiger charge is -2.21. The van der Waals surface area contributed by atoms with Crippen LogP contribution in [0.15, 0.2) is 27.8 Å². The highest BCUT2D eigenvalue weighted by Crippen LogP contribution is 2.15. The Morgan fingerprint density at radius 3 is 2.70 bits per heavy atom. The molecule has 130 valence electrons. The van der Waals surface area contributed by atoms with Crippen molar-refractivity contribution in [3.63, 3.8) is 0 Å². The van der Waals surface area contributed by atoms with Crippen LogP contribution in [0.5, 0.6) is 0 Å². The number of guanidine groups is 1. The molecule has 0 fully saturated rings. The maximum atomic E-state index is 11.8. The van der Waals surface area contributed by atoms with E-state index in [0.717, 1.165) is 37.0 Å². The minimum atomic E-state index is -0.538. The van der Waals surface area contributed by atoms with Crippen LogP contribution < -0.4 is 16.0 Å². The van der Waals surface area contributed by atoms with E-state index in [0.29, 0.717) is 6.54 Å². The summed E-state index contributed by atoms with van der Waals surface area (Å²) in [6.07, 6.45) is 4.53. The maximum Gasteiger partial charge on any atom is 0.227 e. The van der Waals surface area contributed by atoms with Crippen molar-refractivity contribution in [2.45, 2.75) is 20.3 Å². The van der Waals surface area contributed by atoms with Crippen LogP contribution in [0, 0.1) is 5.41 Å². The summed E-state index contributed by atoms with van der Waals surface area (Å²) in [5.41, 5.74) is -0.538. The van der Waals surface area contributed by atoms with Gasteiger partial charge in [-0.1, -0.05) is 0 Å².